The van der Waals surface area contributed by atoms with Crippen molar-refractivity contribution in [3.63, 3.8) is 0 Å². The first kappa shape index (κ1) is 12.5. The highest BCUT2D eigenvalue weighted by Gasteiger charge is 2.17. The Morgan fingerprint density at radius 3 is 2.22 bits per heavy atom. The predicted molar refractivity (Wildman–Crippen MR) is 61.9 cm³/mol. The van der Waals surface area contributed by atoms with Gasteiger partial charge < -0.3 is 5.73 Å². The van der Waals surface area contributed by atoms with Gasteiger partial charge in [0.2, 0.25) is 0 Å². The van der Waals surface area contributed by atoms with Crippen molar-refractivity contribution >= 4 is 5.69 Å². The number of nitrogens with two attached hydrogens (primary N) is 1. The van der Waals surface area contributed by atoms with E-state index in [1.165, 1.54) is 10.9 Å². The Kier molecular flexibility index (Phi) is 3.02. The molecule has 1 aromatic carbocycles. The Morgan fingerprint density at radius 2 is 1.72 bits per heavy atom. The van der Waals surface area contributed by atoms with Crippen molar-refractivity contribution in [2.24, 2.45) is 0 Å². The van der Waals surface area contributed by atoms with Gasteiger partial charge in [0.1, 0.15) is 0 Å². The van der Waals surface area contributed by atoms with Crippen LogP contribution in [0, 0.1) is 17.5 Å². The number of nitrogens with zero attached hydrogens (tertiary/aromatic N) is 2. The minimum atomic E-state index is -1.50. The van der Waals surface area contributed by atoms with E-state index in [1.807, 2.05) is 13.8 Å². The van der Waals surface area contributed by atoms with Gasteiger partial charge in [-0.3, -0.25) is 0 Å². The second-order valence-electron chi connectivity index (χ2n) is 4.28. The summed E-state index contributed by atoms with van der Waals surface area (Å²) in [7, 11) is 0. The summed E-state index contributed by atoms with van der Waals surface area (Å²) in [5.74, 6) is -3.99. The molecule has 0 unspecified atom stereocenters. The maximum atomic E-state index is 13.2. The molecule has 0 atom stereocenters. The molecule has 0 aliphatic rings. The number of hydrogen-bond acceptors (Lipinski definition) is 2. The van der Waals surface area contributed by atoms with Crippen LogP contribution in [0.4, 0.5) is 18.9 Å². The van der Waals surface area contributed by atoms with Gasteiger partial charge in [-0.1, -0.05) is 13.8 Å². The number of halogens is 3. The van der Waals surface area contributed by atoms with Gasteiger partial charge in [-0.2, -0.15) is 5.10 Å². The molecule has 0 aliphatic heterocycles. The topological polar surface area (TPSA) is 43.8 Å². The van der Waals surface area contributed by atoms with Crippen molar-refractivity contribution in [1.82, 2.24) is 9.78 Å². The smallest absolute Gasteiger partial charge is 0.194 e. The summed E-state index contributed by atoms with van der Waals surface area (Å²) >= 11 is 0. The summed E-state index contributed by atoms with van der Waals surface area (Å²) in [6, 6.07) is 1.77. The molecule has 2 rings (SSSR count). The Balaban J connectivity index is 2.63. The first-order valence-corrected chi connectivity index (χ1v) is 5.40. The summed E-state index contributed by atoms with van der Waals surface area (Å²) in [6.07, 6.45) is 1.40. The predicted octanol–water partition coefficient (Wildman–Crippen LogP) is 3.00. The summed E-state index contributed by atoms with van der Waals surface area (Å²) in [6.45, 7) is 3.75. The number of nitrogen functional groups attached to an aromatic ring is 1. The highest BCUT2D eigenvalue weighted by Crippen LogP contribution is 2.25. The Bertz CT molecular complexity index is 567. The Labute approximate surface area is 102 Å². The highest BCUT2D eigenvalue weighted by molar-refractivity contribution is 5.47. The van der Waals surface area contributed by atoms with Crippen LogP contribution < -0.4 is 5.73 Å². The molecule has 0 saturated heterocycles. The maximum absolute atomic E-state index is 13.2. The number of aromatic nitrogens is 2. The van der Waals surface area contributed by atoms with Crippen molar-refractivity contribution in [3.8, 4) is 5.69 Å². The van der Waals surface area contributed by atoms with E-state index in [1.54, 1.807) is 0 Å². The van der Waals surface area contributed by atoms with Gasteiger partial charge in [0.05, 0.1) is 23.3 Å². The zero-order valence-corrected chi connectivity index (χ0v) is 9.92. The van der Waals surface area contributed by atoms with Gasteiger partial charge >= 0.3 is 0 Å². The van der Waals surface area contributed by atoms with Crippen molar-refractivity contribution in [3.05, 3.63) is 41.5 Å². The van der Waals surface area contributed by atoms with Crippen LogP contribution in [0.1, 0.15) is 25.5 Å². The molecule has 96 valence electrons. The standard InChI is InChI=1S/C12H12F3N3/c1-6(2)12-10(16)5-17-18(12)7-3-8(13)11(15)9(14)4-7/h3-6H,16H2,1-2H3. The van der Waals surface area contributed by atoms with E-state index in [-0.39, 0.29) is 11.6 Å². The summed E-state index contributed by atoms with van der Waals surface area (Å²) < 4.78 is 40.6. The molecular weight excluding hydrogens is 243 g/mol. The van der Waals surface area contributed by atoms with Gasteiger partial charge in [-0.25, -0.2) is 17.9 Å². The fraction of sp³-hybridized carbons (Fsp3) is 0.250. The number of benzene rings is 1. The van der Waals surface area contributed by atoms with E-state index in [9.17, 15) is 13.2 Å². The normalized spacial score (nSPS) is 11.2. The van der Waals surface area contributed by atoms with Gasteiger partial charge in [0, 0.05) is 12.1 Å². The molecule has 0 spiro atoms. The summed E-state index contributed by atoms with van der Waals surface area (Å²) in [5, 5.41) is 3.95. The van der Waals surface area contributed by atoms with E-state index in [4.69, 9.17) is 5.73 Å². The number of anilines is 1. The van der Waals surface area contributed by atoms with Crippen LogP contribution in [0.5, 0.6) is 0 Å². The third kappa shape index (κ3) is 1.94. The van der Waals surface area contributed by atoms with Crippen LogP contribution in [0.15, 0.2) is 18.3 Å². The van der Waals surface area contributed by atoms with Crippen LogP contribution in [0.25, 0.3) is 5.69 Å². The monoisotopic (exact) mass is 255 g/mol. The molecule has 6 heteroatoms. The molecule has 0 amide bonds. The number of rotatable bonds is 2. The lowest BCUT2D eigenvalue weighted by molar-refractivity contribution is 0.445. The average molecular weight is 255 g/mol. The van der Waals surface area contributed by atoms with Gasteiger partial charge in [0.15, 0.2) is 17.5 Å². The molecule has 0 saturated carbocycles. The van der Waals surface area contributed by atoms with E-state index in [0.717, 1.165) is 12.1 Å². The molecule has 0 radical (unpaired) electrons. The maximum Gasteiger partial charge on any atom is 0.194 e. The van der Waals surface area contributed by atoms with E-state index < -0.39 is 17.5 Å². The highest BCUT2D eigenvalue weighted by atomic mass is 19.2. The quantitative estimate of drug-likeness (QED) is 0.838. The van der Waals surface area contributed by atoms with Crippen molar-refractivity contribution in [1.29, 1.82) is 0 Å². The zero-order chi connectivity index (χ0) is 13.4. The fourth-order valence-corrected chi connectivity index (χ4v) is 1.82. The third-order valence-corrected chi connectivity index (χ3v) is 2.60. The molecule has 0 bridgehead atoms. The Morgan fingerprint density at radius 1 is 1.17 bits per heavy atom. The second kappa shape index (κ2) is 4.36. The molecule has 2 N–H and O–H groups in total. The van der Waals surface area contributed by atoms with E-state index in [0.29, 0.717) is 11.4 Å². The molecule has 1 heterocycles. The molecule has 1 aromatic heterocycles. The van der Waals surface area contributed by atoms with Crippen molar-refractivity contribution in [2.75, 3.05) is 5.73 Å². The van der Waals surface area contributed by atoms with E-state index in [2.05, 4.69) is 5.10 Å². The van der Waals surface area contributed by atoms with Crippen LogP contribution in [0.3, 0.4) is 0 Å². The minimum absolute atomic E-state index is 0.0173. The fourth-order valence-electron chi connectivity index (χ4n) is 1.82. The summed E-state index contributed by atoms with van der Waals surface area (Å²) in [5.41, 5.74) is 6.90. The van der Waals surface area contributed by atoms with Crippen molar-refractivity contribution in [2.45, 2.75) is 19.8 Å². The SMILES string of the molecule is CC(C)c1c(N)cnn1-c1cc(F)c(F)c(F)c1. The Hall–Kier alpha value is -1.98. The van der Waals surface area contributed by atoms with Gasteiger partial charge in [-0.05, 0) is 5.92 Å². The summed E-state index contributed by atoms with van der Waals surface area (Å²) in [4.78, 5) is 0. The first-order valence-electron chi connectivity index (χ1n) is 5.40. The van der Waals surface area contributed by atoms with Gasteiger partial charge in [0.25, 0.3) is 0 Å². The van der Waals surface area contributed by atoms with Crippen LogP contribution in [-0.4, -0.2) is 9.78 Å². The molecule has 18 heavy (non-hydrogen) atoms. The molecular formula is C12H12F3N3. The molecule has 0 aliphatic carbocycles. The largest absolute Gasteiger partial charge is 0.396 e. The second-order valence-corrected chi connectivity index (χ2v) is 4.28. The van der Waals surface area contributed by atoms with Crippen LogP contribution in [0.2, 0.25) is 0 Å². The first-order chi connectivity index (χ1) is 8.41. The van der Waals surface area contributed by atoms with Crippen LogP contribution >= 0.6 is 0 Å². The molecule has 0 fully saturated rings. The van der Waals surface area contributed by atoms with Gasteiger partial charge in [-0.15, -0.1) is 0 Å². The molecule has 3 nitrogen and oxygen atoms in total. The lowest BCUT2D eigenvalue weighted by atomic mass is 10.1. The van der Waals surface area contributed by atoms with E-state index >= 15 is 0 Å². The van der Waals surface area contributed by atoms with Crippen LogP contribution in [-0.2, 0) is 0 Å². The minimum Gasteiger partial charge on any atom is -0.396 e. The lowest BCUT2D eigenvalue weighted by Gasteiger charge is -2.11. The lowest BCUT2D eigenvalue weighted by Crippen LogP contribution is -2.07. The number of hydrogen-bond donors (Lipinski definition) is 1. The molecule has 2 aromatic rings. The van der Waals surface area contributed by atoms with Crippen molar-refractivity contribution < 1.29 is 13.2 Å². The average Bonchev–Trinajstić information content (AvgIpc) is 2.67. The third-order valence-electron chi connectivity index (χ3n) is 2.60. The zero-order valence-electron chi connectivity index (χ0n) is 9.92.